The first-order valence-electron chi connectivity index (χ1n) is 9.93. The molecule has 1 aliphatic heterocycles. The first-order valence-corrected chi connectivity index (χ1v) is 9.93. The van der Waals surface area contributed by atoms with E-state index in [-0.39, 0.29) is 22.6 Å². The molecular weight excluding hydrogens is 368 g/mol. The summed E-state index contributed by atoms with van der Waals surface area (Å²) in [5, 5.41) is 11.2. The van der Waals surface area contributed by atoms with Crippen LogP contribution in [-0.4, -0.2) is 64.8 Å². The van der Waals surface area contributed by atoms with Crippen LogP contribution in [0.5, 0.6) is 0 Å². The van der Waals surface area contributed by atoms with E-state index in [1.165, 1.54) is 11.6 Å². The molecule has 1 atom stereocenters. The molecule has 0 N–H and O–H groups in total. The average Bonchev–Trinajstić information content (AvgIpc) is 2.74. The van der Waals surface area contributed by atoms with Gasteiger partial charge in [0, 0.05) is 50.9 Å². The Morgan fingerprint density at radius 2 is 1.69 bits per heavy atom. The second-order valence-corrected chi connectivity index (χ2v) is 7.56. The summed E-state index contributed by atoms with van der Waals surface area (Å²) in [7, 11) is 1.84. The lowest BCUT2D eigenvalue weighted by atomic mass is 10.1. The Labute approximate surface area is 171 Å². The molecule has 7 heteroatoms. The molecule has 2 aromatic carbocycles. The molecule has 7 nitrogen and oxygen atoms in total. The zero-order valence-corrected chi connectivity index (χ0v) is 17.0. The lowest BCUT2D eigenvalue weighted by molar-refractivity contribution is -0.385. The maximum atomic E-state index is 12.9. The van der Waals surface area contributed by atoms with Gasteiger partial charge in [0.1, 0.15) is 0 Å². The SMILES string of the molecule is CC(C(=O)N1CCN(Cc2ccccc2)CC1)N(C)Cc1ccccc1[N+](=O)[O-]. The number of likely N-dealkylation sites (N-methyl/N-ethyl adjacent to an activating group) is 1. The van der Waals surface area contributed by atoms with Crippen molar-refractivity contribution in [2.75, 3.05) is 33.2 Å². The fourth-order valence-electron chi connectivity index (χ4n) is 3.65. The van der Waals surface area contributed by atoms with Crippen molar-refractivity contribution in [2.45, 2.75) is 26.1 Å². The third kappa shape index (κ3) is 5.40. The highest BCUT2D eigenvalue weighted by atomic mass is 16.6. The van der Waals surface area contributed by atoms with Crippen molar-refractivity contribution < 1.29 is 9.72 Å². The van der Waals surface area contributed by atoms with Crippen molar-refractivity contribution in [2.24, 2.45) is 0 Å². The van der Waals surface area contributed by atoms with Crippen LogP contribution in [0.15, 0.2) is 54.6 Å². The summed E-state index contributed by atoms with van der Waals surface area (Å²) in [5.74, 6) is 0.0745. The van der Waals surface area contributed by atoms with Crippen molar-refractivity contribution in [1.82, 2.24) is 14.7 Å². The zero-order valence-electron chi connectivity index (χ0n) is 17.0. The Balaban J connectivity index is 1.53. The van der Waals surface area contributed by atoms with Crippen LogP contribution in [0.25, 0.3) is 0 Å². The van der Waals surface area contributed by atoms with E-state index in [9.17, 15) is 14.9 Å². The van der Waals surface area contributed by atoms with E-state index >= 15 is 0 Å². The Kier molecular flexibility index (Phi) is 6.95. The van der Waals surface area contributed by atoms with Gasteiger partial charge in [-0.25, -0.2) is 0 Å². The molecule has 1 heterocycles. The molecule has 0 spiro atoms. The quantitative estimate of drug-likeness (QED) is 0.532. The normalized spacial score (nSPS) is 16.0. The van der Waals surface area contributed by atoms with Gasteiger partial charge < -0.3 is 4.90 Å². The van der Waals surface area contributed by atoms with Crippen LogP contribution in [0.4, 0.5) is 5.69 Å². The summed E-state index contributed by atoms with van der Waals surface area (Å²) in [6, 6.07) is 16.7. The van der Waals surface area contributed by atoms with E-state index in [1.807, 2.05) is 42.0 Å². The number of nitro benzene ring substituents is 1. The summed E-state index contributed by atoms with van der Waals surface area (Å²) in [4.78, 5) is 29.9. The molecule has 29 heavy (non-hydrogen) atoms. The predicted molar refractivity (Wildman–Crippen MR) is 112 cm³/mol. The highest BCUT2D eigenvalue weighted by Crippen LogP contribution is 2.20. The molecule has 0 saturated carbocycles. The number of nitro groups is 1. The van der Waals surface area contributed by atoms with Gasteiger partial charge in [-0.15, -0.1) is 0 Å². The fraction of sp³-hybridized carbons (Fsp3) is 0.409. The zero-order chi connectivity index (χ0) is 20.8. The van der Waals surface area contributed by atoms with Gasteiger partial charge in [-0.05, 0) is 19.5 Å². The molecule has 0 aromatic heterocycles. The molecule has 0 bridgehead atoms. The number of rotatable bonds is 7. The van der Waals surface area contributed by atoms with Gasteiger partial charge in [0.2, 0.25) is 5.91 Å². The number of para-hydroxylation sites is 1. The number of piperazine rings is 1. The molecule has 1 amide bonds. The van der Waals surface area contributed by atoms with Crippen LogP contribution < -0.4 is 0 Å². The van der Waals surface area contributed by atoms with Gasteiger partial charge in [0.25, 0.3) is 5.69 Å². The largest absolute Gasteiger partial charge is 0.339 e. The minimum atomic E-state index is -0.373. The van der Waals surface area contributed by atoms with Crippen LogP contribution in [0.3, 0.4) is 0 Å². The third-order valence-corrected chi connectivity index (χ3v) is 5.56. The number of carbonyl (C=O) groups excluding carboxylic acids is 1. The first-order chi connectivity index (χ1) is 14.0. The van der Waals surface area contributed by atoms with E-state index in [1.54, 1.807) is 18.2 Å². The van der Waals surface area contributed by atoms with Crippen LogP contribution in [0, 0.1) is 10.1 Å². The lowest BCUT2D eigenvalue weighted by Crippen LogP contribution is -2.53. The number of amides is 1. The Hall–Kier alpha value is -2.77. The predicted octanol–water partition coefficient (Wildman–Crippen LogP) is 2.76. The third-order valence-electron chi connectivity index (χ3n) is 5.56. The Morgan fingerprint density at radius 3 is 2.34 bits per heavy atom. The Morgan fingerprint density at radius 1 is 1.07 bits per heavy atom. The lowest BCUT2D eigenvalue weighted by Gasteiger charge is -2.37. The number of carbonyl (C=O) groups is 1. The summed E-state index contributed by atoms with van der Waals surface area (Å²) in [6.45, 7) is 6.23. The molecule has 1 aliphatic rings. The maximum absolute atomic E-state index is 12.9. The van der Waals surface area contributed by atoms with Crippen LogP contribution >= 0.6 is 0 Å². The smallest absolute Gasteiger partial charge is 0.273 e. The summed E-state index contributed by atoms with van der Waals surface area (Å²) >= 11 is 0. The van der Waals surface area contributed by atoms with Gasteiger partial charge in [-0.3, -0.25) is 24.7 Å². The molecule has 3 rings (SSSR count). The van der Waals surface area contributed by atoms with Gasteiger partial charge >= 0.3 is 0 Å². The summed E-state index contributed by atoms with van der Waals surface area (Å²) in [6.07, 6.45) is 0. The number of benzene rings is 2. The monoisotopic (exact) mass is 396 g/mol. The van der Waals surface area contributed by atoms with Gasteiger partial charge in [0.15, 0.2) is 0 Å². The van der Waals surface area contributed by atoms with E-state index in [2.05, 4.69) is 17.0 Å². The van der Waals surface area contributed by atoms with E-state index in [4.69, 9.17) is 0 Å². The highest BCUT2D eigenvalue weighted by molar-refractivity contribution is 5.81. The molecular formula is C22H28N4O3. The molecule has 2 aromatic rings. The minimum absolute atomic E-state index is 0.0745. The van der Waals surface area contributed by atoms with Crippen molar-refractivity contribution in [1.29, 1.82) is 0 Å². The van der Waals surface area contributed by atoms with Crippen molar-refractivity contribution in [3.63, 3.8) is 0 Å². The van der Waals surface area contributed by atoms with Crippen LogP contribution in [0.1, 0.15) is 18.1 Å². The molecule has 0 radical (unpaired) electrons. The van der Waals surface area contributed by atoms with Crippen molar-refractivity contribution in [3.8, 4) is 0 Å². The van der Waals surface area contributed by atoms with Crippen molar-refractivity contribution >= 4 is 11.6 Å². The maximum Gasteiger partial charge on any atom is 0.273 e. The molecule has 154 valence electrons. The van der Waals surface area contributed by atoms with Crippen LogP contribution in [-0.2, 0) is 17.9 Å². The van der Waals surface area contributed by atoms with E-state index in [0.29, 0.717) is 25.2 Å². The topological polar surface area (TPSA) is 69.9 Å². The van der Waals surface area contributed by atoms with Gasteiger partial charge in [0.05, 0.1) is 11.0 Å². The second kappa shape index (κ2) is 9.62. The number of nitrogens with zero attached hydrogens (tertiary/aromatic N) is 4. The standard InChI is InChI=1S/C22H28N4O3/c1-18(23(2)17-20-10-6-7-11-21(20)26(28)29)22(27)25-14-12-24(13-15-25)16-19-8-4-3-5-9-19/h3-11,18H,12-17H2,1-2H3. The summed E-state index contributed by atoms with van der Waals surface area (Å²) < 4.78 is 0. The molecule has 1 fully saturated rings. The summed E-state index contributed by atoms with van der Waals surface area (Å²) in [5.41, 5.74) is 1.99. The first kappa shape index (κ1) is 21.0. The molecule has 1 unspecified atom stereocenters. The highest BCUT2D eigenvalue weighted by Gasteiger charge is 2.28. The molecule has 1 saturated heterocycles. The number of hydrogen-bond donors (Lipinski definition) is 0. The van der Waals surface area contributed by atoms with E-state index < -0.39 is 0 Å². The Bertz CT molecular complexity index is 835. The van der Waals surface area contributed by atoms with Gasteiger partial charge in [-0.2, -0.15) is 0 Å². The fourth-order valence-corrected chi connectivity index (χ4v) is 3.65. The minimum Gasteiger partial charge on any atom is -0.339 e. The van der Waals surface area contributed by atoms with Gasteiger partial charge in [-0.1, -0.05) is 48.5 Å². The molecule has 0 aliphatic carbocycles. The van der Waals surface area contributed by atoms with E-state index in [0.717, 1.165) is 19.6 Å². The average molecular weight is 396 g/mol. The number of hydrogen-bond acceptors (Lipinski definition) is 5. The van der Waals surface area contributed by atoms with Crippen LogP contribution in [0.2, 0.25) is 0 Å². The van der Waals surface area contributed by atoms with Crippen molar-refractivity contribution in [3.05, 3.63) is 75.8 Å². The second-order valence-electron chi connectivity index (χ2n) is 7.56.